The van der Waals surface area contributed by atoms with Crippen LogP contribution in [0.1, 0.15) is 58.9 Å². The molecule has 6 heteroatoms. The standard InChI is InChI=1S/C24H37N3O3/c1-17(2)16-22(29)26-23(18(3)4)24(30)27-14-12-20(13-15-27)25-21(28)11-10-19-8-6-5-7-9-19/h5-9,17-18,20,23H,10-16H2,1-4H3,(H,25,28)(H,26,29). The van der Waals surface area contributed by atoms with Crippen molar-refractivity contribution in [3.05, 3.63) is 35.9 Å². The summed E-state index contributed by atoms with van der Waals surface area (Å²) in [5, 5.41) is 6.03. The molecule has 3 amide bonds. The Morgan fingerprint density at radius 2 is 1.63 bits per heavy atom. The highest BCUT2D eigenvalue weighted by atomic mass is 16.2. The highest BCUT2D eigenvalue weighted by Gasteiger charge is 2.31. The van der Waals surface area contributed by atoms with Crippen LogP contribution < -0.4 is 10.6 Å². The van der Waals surface area contributed by atoms with Crippen molar-refractivity contribution in [2.24, 2.45) is 11.8 Å². The van der Waals surface area contributed by atoms with E-state index in [2.05, 4.69) is 10.6 Å². The lowest BCUT2D eigenvalue weighted by Gasteiger charge is -2.35. The largest absolute Gasteiger partial charge is 0.353 e. The summed E-state index contributed by atoms with van der Waals surface area (Å²) in [6, 6.07) is 9.60. The molecule has 6 nitrogen and oxygen atoms in total. The van der Waals surface area contributed by atoms with E-state index in [1.54, 1.807) is 0 Å². The van der Waals surface area contributed by atoms with Gasteiger partial charge in [0.15, 0.2) is 0 Å². The monoisotopic (exact) mass is 415 g/mol. The molecule has 2 N–H and O–H groups in total. The van der Waals surface area contributed by atoms with Crippen molar-refractivity contribution < 1.29 is 14.4 Å². The molecule has 0 radical (unpaired) electrons. The van der Waals surface area contributed by atoms with Gasteiger partial charge in [0.2, 0.25) is 17.7 Å². The van der Waals surface area contributed by atoms with E-state index in [9.17, 15) is 14.4 Å². The minimum absolute atomic E-state index is 0.0176. The number of carbonyl (C=O) groups excluding carboxylic acids is 3. The minimum Gasteiger partial charge on any atom is -0.353 e. The van der Waals surface area contributed by atoms with Crippen LogP contribution in [0.15, 0.2) is 30.3 Å². The summed E-state index contributed by atoms with van der Waals surface area (Å²) in [6.45, 7) is 9.10. The lowest BCUT2D eigenvalue weighted by Crippen LogP contribution is -2.54. The first-order valence-electron chi connectivity index (χ1n) is 11.2. The van der Waals surface area contributed by atoms with Crippen LogP contribution in [0.2, 0.25) is 0 Å². The van der Waals surface area contributed by atoms with Crippen molar-refractivity contribution in [1.82, 2.24) is 15.5 Å². The topological polar surface area (TPSA) is 78.5 Å². The molecule has 1 aliphatic rings. The Kier molecular flexibility index (Phi) is 9.34. The molecule has 166 valence electrons. The van der Waals surface area contributed by atoms with Crippen molar-refractivity contribution in [2.75, 3.05) is 13.1 Å². The van der Waals surface area contributed by atoms with Crippen LogP contribution in [0.4, 0.5) is 0 Å². The van der Waals surface area contributed by atoms with Crippen LogP contribution in [0, 0.1) is 11.8 Å². The third-order valence-corrected chi connectivity index (χ3v) is 5.50. The van der Waals surface area contributed by atoms with Crippen molar-refractivity contribution in [3.63, 3.8) is 0 Å². The van der Waals surface area contributed by atoms with E-state index in [-0.39, 0.29) is 35.6 Å². The smallest absolute Gasteiger partial charge is 0.245 e. The van der Waals surface area contributed by atoms with Crippen molar-refractivity contribution in [2.45, 2.75) is 71.9 Å². The summed E-state index contributed by atoms with van der Waals surface area (Å²) < 4.78 is 0. The van der Waals surface area contributed by atoms with E-state index in [1.165, 1.54) is 0 Å². The van der Waals surface area contributed by atoms with E-state index in [0.29, 0.717) is 25.9 Å². The van der Waals surface area contributed by atoms with Gasteiger partial charge >= 0.3 is 0 Å². The molecule has 0 spiro atoms. The maximum Gasteiger partial charge on any atom is 0.245 e. The zero-order valence-electron chi connectivity index (χ0n) is 18.8. The van der Waals surface area contributed by atoms with E-state index < -0.39 is 6.04 Å². The molecule has 2 rings (SSSR count). The lowest BCUT2D eigenvalue weighted by atomic mass is 9.98. The zero-order chi connectivity index (χ0) is 22.1. The summed E-state index contributed by atoms with van der Waals surface area (Å²) in [5.41, 5.74) is 1.16. The van der Waals surface area contributed by atoms with Gasteiger partial charge in [-0.2, -0.15) is 0 Å². The van der Waals surface area contributed by atoms with Gasteiger partial charge in [0.05, 0.1) is 0 Å². The van der Waals surface area contributed by atoms with Gasteiger partial charge in [-0.15, -0.1) is 0 Å². The third-order valence-electron chi connectivity index (χ3n) is 5.50. The first-order chi connectivity index (χ1) is 14.3. The number of rotatable bonds is 9. The molecule has 0 aliphatic carbocycles. The highest BCUT2D eigenvalue weighted by molar-refractivity contribution is 5.88. The second-order valence-corrected chi connectivity index (χ2v) is 9.04. The number of nitrogens with one attached hydrogen (secondary N) is 2. The quantitative estimate of drug-likeness (QED) is 0.651. The van der Waals surface area contributed by atoms with Crippen molar-refractivity contribution >= 4 is 17.7 Å². The molecule has 0 saturated carbocycles. The Balaban J connectivity index is 1.78. The Labute approximate surface area is 180 Å². The molecule has 0 aromatic heterocycles. The van der Waals surface area contributed by atoms with Gasteiger partial charge in [-0.3, -0.25) is 14.4 Å². The van der Waals surface area contributed by atoms with E-state index in [4.69, 9.17) is 0 Å². The number of aryl methyl sites for hydroxylation is 1. The second kappa shape index (κ2) is 11.7. The number of likely N-dealkylation sites (tertiary alicyclic amines) is 1. The second-order valence-electron chi connectivity index (χ2n) is 9.04. The van der Waals surface area contributed by atoms with Crippen LogP contribution in [-0.4, -0.2) is 47.8 Å². The van der Waals surface area contributed by atoms with Gasteiger partial charge in [-0.05, 0) is 36.7 Å². The van der Waals surface area contributed by atoms with Gasteiger partial charge < -0.3 is 15.5 Å². The number of carbonyl (C=O) groups is 3. The van der Waals surface area contributed by atoms with Gasteiger partial charge in [0.1, 0.15) is 6.04 Å². The lowest BCUT2D eigenvalue weighted by molar-refractivity contribution is -0.139. The Morgan fingerprint density at radius 3 is 2.20 bits per heavy atom. The zero-order valence-corrected chi connectivity index (χ0v) is 18.8. The summed E-state index contributed by atoms with van der Waals surface area (Å²) in [4.78, 5) is 39.2. The fraction of sp³-hybridized carbons (Fsp3) is 0.625. The average Bonchev–Trinajstić information content (AvgIpc) is 2.70. The fourth-order valence-corrected chi connectivity index (χ4v) is 3.76. The van der Waals surface area contributed by atoms with Gasteiger partial charge in [0, 0.05) is 32.0 Å². The molecular formula is C24H37N3O3. The predicted molar refractivity (Wildman–Crippen MR) is 119 cm³/mol. The molecule has 1 aliphatic heterocycles. The number of hydrogen-bond acceptors (Lipinski definition) is 3. The van der Waals surface area contributed by atoms with Crippen molar-refractivity contribution in [1.29, 1.82) is 0 Å². The molecule has 1 aromatic carbocycles. The number of nitrogens with zero attached hydrogens (tertiary/aromatic N) is 1. The van der Waals surface area contributed by atoms with Crippen LogP contribution in [-0.2, 0) is 20.8 Å². The van der Waals surface area contributed by atoms with Gasteiger partial charge in [0.25, 0.3) is 0 Å². The SMILES string of the molecule is CC(C)CC(=O)NC(C(=O)N1CCC(NC(=O)CCc2ccccc2)CC1)C(C)C. The van der Waals surface area contributed by atoms with Gasteiger partial charge in [-0.1, -0.05) is 58.0 Å². The Morgan fingerprint density at radius 1 is 1.00 bits per heavy atom. The Hall–Kier alpha value is -2.37. The van der Waals surface area contributed by atoms with Crippen LogP contribution in [0.3, 0.4) is 0 Å². The maximum atomic E-state index is 13.0. The number of piperidine rings is 1. The summed E-state index contributed by atoms with van der Waals surface area (Å²) in [5.74, 6) is 0.261. The molecule has 1 fully saturated rings. The molecule has 0 bridgehead atoms. The predicted octanol–water partition coefficient (Wildman–Crippen LogP) is 2.91. The minimum atomic E-state index is -0.492. The van der Waals surface area contributed by atoms with Gasteiger partial charge in [-0.25, -0.2) is 0 Å². The molecule has 30 heavy (non-hydrogen) atoms. The molecule has 1 atom stereocenters. The number of hydrogen-bond donors (Lipinski definition) is 2. The van der Waals surface area contributed by atoms with E-state index >= 15 is 0 Å². The molecule has 1 unspecified atom stereocenters. The molecular weight excluding hydrogens is 378 g/mol. The van der Waals surface area contributed by atoms with Crippen molar-refractivity contribution in [3.8, 4) is 0 Å². The van der Waals surface area contributed by atoms with Crippen LogP contribution in [0.25, 0.3) is 0 Å². The highest BCUT2D eigenvalue weighted by Crippen LogP contribution is 2.15. The normalized spacial score (nSPS) is 15.9. The summed E-state index contributed by atoms with van der Waals surface area (Å²) in [6.07, 6.45) is 3.12. The number of amides is 3. The Bertz CT molecular complexity index is 695. The average molecular weight is 416 g/mol. The first kappa shape index (κ1) is 23.9. The third kappa shape index (κ3) is 7.81. The fourth-order valence-electron chi connectivity index (χ4n) is 3.76. The molecule has 1 heterocycles. The van der Waals surface area contributed by atoms with Crippen LogP contribution >= 0.6 is 0 Å². The summed E-state index contributed by atoms with van der Waals surface area (Å²) in [7, 11) is 0. The van der Waals surface area contributed by atoms with E-state index in [1.807, 2.05) is 62.9 Å². The molecule has 1 aromatic rings. The maximum absolute atomic E-state index is 13.0. The number of benzene rings is 1. The van der Waals surface area contributed by atoms with E-state index in [0.717, 1.165) is 24.8 Å². The molecule has 1 saturated heterocycles. The van der Waals surface area contributed by atoms with Crippen LogP contribution in [0.5, 0.6) is 0 Å². The first-order valence-corrected chi connectivity index (χ1v) is 11.2. The summed E-state index contributed by atoms with van der Waals surface area (Å²) >= 11 is 0.